The van der Waals surface area contributed by atoms with Gasteiger partial charge in [0.1, 0.15) is 13.1 Å². The highest BCUT2D eigenvalue weighted by Crippen LogP contribution is 2.31. The molecule has 0 aliphatic rings. The Labute approximate surface area is 383 Å². The van der Waals surface area contributed by atoms with Gasteiger partial charge in [-0.05, 0) is 47.2 Å². The van der Waals surface area contributed by atoms with Gasteiger partial charge in [0.15, 0.2) is 11.4 Å². The van der Waals surface area contributed by atoms with Gasteiger partial charge in [0.05, 0.1) is 22.1 Å². The van der Waals surface area contributed by atoms with Crippen molar-refractivity contribution in [3.8, 4) is 0 Å². The van der Waals surface area contributed by atoms with Crippen LogP contribution in [0.5, 0.6) is 0 Å². The quantitative estimate of drug-likeness (QED) is 0.0496. The molecule has 0 saturated carbocycles. The molecular formula is C60H68N4+2. The Bertz CT molecular complexity index is 2380. The molecule has 0 amide bonds. The van der Waals surface area contributed by atoms with Crippen molar-refractivity contribution in [3.63, 3.8) is 0 Å². The van der Waals surface area contributed by atoms with Crippen LogP contribution in [0.15, 0.2) is 182 Å². The van der Waals surface area contributed by atoms with Gasteiger partial charge in [-0.2, -0.15) is 9.13 Å². The van der Waals surface area contributed by atoms with Crippen molar-refractivity contribution in [2.24, 2.45) is 0 Å². The van der Waals surface area contributed by atoms with Crippen LogP contribution in [0.3, 0.4) is 0 Å². The summed E-state index contributed by atoms with van der Waals surface area (Å²) in [6, 6.07) is 66.6. The molecule has 0 fully saturated rings. The number of fused-ring (bicyclic) bond motifs is 2. The van der Waals surface area contributed by atoms with Crippen LogP contribution >= 0.6 is 0 Å². The molecule has 64 heavy (non-hydrogen) atoms. The lowest BCUT2D eigenvalue weighted by atomic mass is 9.88. The molecule has 0 spiro atoms. The summed E-state index contributed by atoms with van der Waals surface area (Å²) in [5, 5.41) is 10.3. The van der Waals surface area contributed by atoms with Gasteiger partial charge in [0.25, 0.3) is 0 Å². The average molecular weight is 845 g/mol. The van der Waals surface area contributed by atoms with Crippen LogP contribution in [0.2, 0.25) is 0 Å². The van der Waals surface area contributed by atoms with Crippen molar-refractivity contribution in [1.29, 1.82) is 0 Å². The van der Waals surface area contributed by atoms with Crippen LogP contribution in [-0.4, -0.2) is 13.1 Å². The van der Waals surface area contributed by atoms with Gasteiger partial charge in [-0.25, -0.2) is 0 Å². The summed E-state index contributed by atoms with van der Waals surface area (Å²) in [5.41, 5.74) is 13.3. The van der Waals surface area contributed by atoms with Crippen molar-refractivity contribution in [2.75, 3.05) is 23.7 Å². The van der Waals surface area contributed by atoms with Crippen molar-refractivity contribution in [1.82, 2.24) is 0 Å². The van der Waals surface area contributed by atoms with Crippen LogP contribution in [0.1, 0.15) is 110 Å². The molecule has 2 heterocycles. The number of nitrogens with zero attached hydrogens (tertiary/aromatic N) is 2. The Balaban J connectivity index is 0.757. The normalized spacial score (nSPS) is 11.5. The average Bonchev–Trinajstić information content (AvgIpc) is 3.34. The standard InChI is InChI=1S/C60H66N4/c1-47-45-57(55-35-21-23-37-59(55)63(47)43-39-53(49-27-13-9-14-28-49)50-29-15-10-16-30-50)61-41-25-7-5-3-4-6-8-26-42-62-58-46-48(2)64(60-38-24-22-36-56(58)60)44-40-54(51-31-17-11-18-32-51)52-33-19-12-20-34-52/h9-24,27-38,45-46,53-54H,3-8,25-26,39-44H2,1-2H3/p+2. The first-order valence-corrected chi connectivity index (χ1v) is 24.2. The summed E-state index contributed by atoms with van der Waals surface area (Å²) >= 11 is 0. The fourth-order valence-electron chi connectivity index (χ4n) is 9.93. The van der Waals surface area contributed by atoms with E-state index in [0.717, 1.165) is 39.0 Å². The number of nitrogens with one attached hydrogen (secondary N) is 2. The second-order valence-corrected chi connectivity index (χ2v) is 17.7. The van der Waals surface area contributed by atoms with Crippen LogP contribution in [0.25, 0.3) is 21.8 Å². The van der Waals surface area contributed by atoms with E-state index in [1.807, 2.05) is 0 Å². The molecule has 0 aliphatic carbocycles. The zero-order valence-corrected chi connectivity index (χ0v) is 38.3. The highest BCUT2D eigenvalue weighted by molar-refractivity contribution is 5.90. The number of unbranched alkanes of at least 4 members (excludes halogenated alkanes) is 7. The molecule has 0 saturated heterocycles. The van der Waals surface area contributed by atoms with Crippen LogP contribution in [0, 0.1) is 13.8 Å². The van der Waals surface area contributed by atoms with Gasteiger partial charge in [0.2, 0.25) is 11.0 Å². The van der Waals surface area contributed by atoms with Crippen molar-refractivity contribution in [2.45, 2.75) is 103 Å². The van der Waals surface area contributed by atoms with Crippen LogP contribution < -0.4 is 19.8 Å². The molecule has 0 atom stereocenters. The number of aromatic nitrogens is 2. The molecule has 4 heteroatoms. The summed E-state index contributed by atoms with van der Waals surface area (Å²) in [5.74, 6) is 0.718. The minimum atomic E-state index is 0.359. The second kappa shape index (κ2) is 22.9. The molecule has 2 N–H and O–H groups in total. The van der Waals surface area contributed by atoms with E-state index >= 15 is 0 Å². The zero-order valence-electron chi connectivity index (χ0n) is 38.3. The lowest BCUT2D eigenvalue weighted by Crippen LogP contribution is -2.39. The molecular weight excluding hydrogens is 777 g/mol. The van der Waals surface area contributed by atoms with E-state index in [2.05, 4.69) is 216 Å². The van der Waals surface area contributed by atoms with E-state index in [4.69, 9.17) is 0 Å². The number of pyridine rings is 2. The van der Waals surface area contributed by atoms with E-state index < -0.39 is 0 Å². The third-order valence-electron chi connectivity index (χ3n) is 13.4. The summed E-state index contributed by atoms with van der Waals surface area (Å²) in [6.45, 7) is 8.49. The number of anilines is 2. The molecule has 8 rings (SSSR count). The number of hydrogen-bond donors (Lipinski definition) is 2. The Hall–Kier alpha value is -6.26. The first-order valence-electron chi connectivity index (χ1n) is 24.2. The fourth-order valence-corrected chi connectivity index (χ4v) is 9.93. The molecule has 0 bridgehead atoms. The van der Waals surface area contributed by atoms with E-state index in [0.29, 0.717) is 11.8 Å². The van der Waals surface area contributed by atoms with Crippen molar-refractivity contribution < 1.29 is 9.13 Å². The van der Waals surface area contributed by atoms with E-state index in [1.165, 1.54) is 118 Å². The number of para-hydroxylation sites is 2. The van der Waals surface area contributed by atoms with Gasteiger partial charge in [-0.15, -0.1) is 0 Å². The van der Waals surface area contributed by atoms with Crippen LogP contribution in [0.4, 0.5) is 11.4 Å². The minimum absolute atomic E-state index is 0.359. The van der Waals surface area contributed by atoms with Gasteiger partial charge in [-0.1, -0.05) is 184 Å². The molecule has 6 aromatic carbocycles. The molecule has 0 unspecified atom stereocenters. The number of benzene rings is 6. The molecule has 8 aromatic rings. The maximum Gasteiger partial charge on any atom is 0.214 e. The predicted octanol–water partition coefficient (Wildman–Crippen LogP) is 14.3. The van der Waals surface area contributed by atoms with Crippen LogP contribution in [-0.2, 0) is 13.1 Å². The first-order chi connectivity index (χ1) is 31.6. The third-order valence-corrected chi connectivity index (χ3v) is 13.4. The highest BCUT2D eigenvalue weighted by atomic mass is 15.0. The first kappa shape index (κ1) is 44.4. The van der Waals surface area contributed by atoms with Crippen molar-refractivity contribution >= 4 is 33.2 Å². The molecule has 2 aromatic heterocycles. The lowest BCUT2D eigenvalue weighted by molar-refractivity contribution is -0.678. The highest BCUT2D eigenvalue weighted by Gasteiger charge is 2.23. The maximum atomic E-state index is 3.83. The number of aryl methyl sites for hydroxylation is 4. The van der Waals surface area contributed by atoms with Gasteiger partial charge in [-0.3, -0.25) is 0 Å². The monoisotopic (exact) mass is 845 g/mol. The summed E-state index contributed by atoms with van der Waals surface area (Å²) in [7, 11) is 0. The number of rotatable bonds is 23. The molecule has 0 aliphatic heterocycles. The smallest absolute Gasteiger partial charge is 0.214 e. The summed E-state index contributed by atoms with van der Waals surface area (Å²) in [6.07, 6.45) is 12.3. The maximum absolute atomic E-state index is 3.83. The van der Waals surface area contributed by atoms with E-state index in [1.54, 1.807) is 0 Å². The van der Waals surface area contributed by atoms with E-state index in [-0.39, 0.29) is 0 Å². The Kier molecular flexibility index (Phi) is 15.9. The Morgan fingerprint density at radius 3 is 1.00 bits per heavy atom. The largest absolute Gasteiger partial charge is 0.384 e. The topological polar surface area (TPSA) is 31.8 Å². The fraction of sp³-hybridized carbons (Fsp3) is 0.300. The molecule has 0 radical (unpaired) electrons. The zero-order chi connectivity index (χ0) is 43.8. The SMILES string of the molecule is Cc1cc(NCCCCCCCCCCNc2cc(C)[n+](CCC(c3ccccc3)c3ccccc3)c3ccccc23)c2ccccc2[n+]1CCC(c1ccccc1)c1ccccc1. The van der Waals surface area contributed by atoms with E-state index in [9.17, 15) is 0 Å². The van der Waals surface area contributed by atoms with Gasteiger partial charge < -0.3 is 10.6 Å². The number of hydrogen-bond acceptors (Lipinski definition) is 2. The predicted molar refractivity (Wildman–Crippen MR) is 270 cm³/mol. The molecule has 4 nitrogen and oxygen atoms in total. The second-order valence-electron chi connectivity index (χ2n) is 17.7. The van der Waals surface area contributed by atoms with Gasteiger partial charge in [0, 0.05) is 75.9 Å². The lowest BCUT2D eigenvalue weighted by Gasteiger charge is -2.18. The summed E-state index contributed by atoms with van der Waals surface area (Å²) in [4.78, 5) is 0. The van der Waals surface area contributed by atoms with Crippen molar-refractivity contribution in [3.05, 3.63) is 216 Å². The Morgan fingerprint density at radius 2 is 0.656 bits per heavy atom. The summed E-state index contributed by atoms with van der Waals surface area (Å²) < 4.78 is 5.04. The van der Waals surface area contributed by atoms with Gasteiger partial charge >= 0.3 is 0 Å². The minimum Gasteiger partial charge on any atom is -0.384 e. The molecule has 326 valence electrons. The Morgan fingerprint density at radius 1 is 0.359 bits per heavy atom. The third kappa shape index (κ3) is 11.5.